The standard InChI is InChI=1S/C32H36O4P2/c1-3-17-32(36-38(34,30-22-13-7-14-23-30)31-24-15-8-16-25-31)27(4-2)26-35-37(33,28-18-9-5-10-19-28)29-20-11-6-12-21-29/h5-16,18-25,27,32H,3-4,17,26H2,1-2H3. The van der Waals surface area contributed by atoms with Gasteiger partial charge in [-0.3, -0.25) is 9.13 Å². The summed E-state index contributed by atoms with van der Waals surface area (Å²) in [6.45, 7) is 4.40. The Morgan fingerprint density at radius 3 is 1.29 bits per heavy atom. The zero-order chi connectivity index (χ0) is 26.8. The van der Waals surface area contributed by atoms with Crippen molar-refractivity contribution in [1.29, 1.82) is 0 Å². The van der Waals surface area contributed by atoms with Crippen LogP contribution in [0.25, 0.3) is 0 Å². The molecule has 38 heavy (non-hydrogen) atoms. The van der Waals surface area contributed by atoms with Gasteiger partial charge in [0.25, 0.3) is 14.7 Å². The smallest absolute Gasteiger partial charge is 0.261 e. The molecule has 6 heteroatoms. The lowest BCUT2D eigenvalue weighted by molar-refractivity contribution is 0.0933. The Kier molecular flexibility index (Phi) is 9.94. The topological polar surface area (TPSA) is 52.6 Å². The van der Waals surface area contributed by atoms with Gasteiger partial charge in [0.2, 0.25) is 0 Å². The second-order valence-electron chi connectivity index (χ2n) is 9.34. The highest BCUT2D eigenvalue weighted by atomic mass is 31.2. The highest BCUT2D eigenvalue weighted by molar-refractivity contribution is 7.74. The van der Waals surface area contributed by atoms with E-state index < -0.39 is 14.7 Å². The van der Waals surface area contributed by atoms with E-state index in [9.17, 15) is 9.13 Å². The third kappa shape index (κ3) is 6.45. The monoisotopic (exact) mass is 546 g/mol. The molecule has 2 unspecified atom stereocenters. The average Bonchev–Trinajstić information content (AvgIpc) is 2.99. The summed E-state index contributed by atoms with van der Waals surface area (Å²) in [5.74, 6) is -0.101. The minimum Gasteiger partial charge on any atom is -0.322 e. The SMILES string of the molecule is CCCC(OP(=O)(c1ccccc1)c1ccccc1)C(CC)COP(=O)(c1ccccc1)c1ccccc1. The molecule has 0 spiro atoms. The van der Waals surface area contributed by atoms with Crippen LogP contribution >= 0.6 is 14.7 Å². The van der Waals surface area contributed by atoms with Crippen molar-refractivity contribution >= 4 is 36.0 Å². The fourth-order valence-corrected chi connectivity index (χ4v) is 9.06. The van der Waals surface area contributed by atoms with Gasteiger partial charge in [-0.15, -0.1) is 0 Å². The van der Waals surface area contributed by atoms with Crippen molar-refractivity contribution in [1.82, 2.24) is 0 Å². The van der Waals surface area contributed by atoms with E-state index in [1.165, 1.54) is 0 Å². The second-order valence-corrected chi connectivity index (χ2v) is 14.1. The molecule has 0 radical (unpaired) electrons. The average molecular weight is 547 g/mol. The highest BCUT2D eigenvalue weighted by Gasteiger charge is 2.36. The van der Waals surface area contributed by atoms with Crippen molar-refractivity contribution in [2.75, 3.05) is 6.61 Å². The number of benzene rings is 4. The Hall–Kier alpha value is -2.74. The summed E-state index contributed by atoms with van der Waals surface area (Å²) in [5.41, 5.74) is 0. The van der Waals surface area contributed by atoms with Crippen LogP contribution in [0.1, 0.15) is 33.1 Å². The highest BCUT2D eigenvalue weighted by Crippen LogP contribution is 2.49. The van der Waals surface area contributed by atoms with E-state index in [-0.39, 0.29) is 18.6 Å². The van der Waals surface area contributed by atoms with E-state index in [1.54, 1.807) is 0 Å². The quantitative estimate of drug-likeness (QED) is 0.168. The molecule has 0 aromatic heterocycles. The van der Waals surface area contributed by atoms with Gasteiger partial charge in [0, 0.05) is 27.1 Å². The molecule has 4 rings (SSSR count). The molecule has 0 aliphatic carbocycles. The molecule has 0 saturated carbocycles. The van der Waals surface area contributed by atoms with Gasteiger partial charge >= 0.3 is 0 Å². The van der Waals surface area contributed by atoms with Crippen molar-refractivity contribution in [2.24, 2.45) is 5.92 Å². The Balaban J connectivity index is 1.66. The molecular weight excluding hydrogens is 510 g/mol. The second kappa shape index (κ2) is 13.4. The van der Waals surface area contributed by atoms with E-state index in [1.807, 2.05) is 121 Å². The molecule has 198 valence electrons. The van der Waals surface area contributed by atoms with E-state index in [0.29, 0.717) is 27.6 Å². The van der Waals surface area contributed by atoms with Crippen LogP contribution in [-0.4, -0.2) is 12.7 Å². The summed E-state index contributed by atoms with van der Waals surface area (Å²) in [6, 6.07) is 37.6. The van der Waals surface area contributed by atoms with Crippen LogP contribution in [0.2, 0.25) is 0 Å². The van der Waals surface area contributed by atoms with Crippen LogP contribution in [0.3, 0.4) is 0 Å². The van der Waals surface area contributed by atoms with Crippen molar-refractivity contribution in [3.8, 4) is 0 Å². The molecule has 0 amide bonds. The Bertz CT molecular complexity index is 1260. The molecule has 0 saturated heterocycles. The van der Waals surface area contributed by atoms with E-state index in [4.69, 9.17) is 9.05 Å². The zero-order valence-electron chi connectivity index (χ0n) is 22.1. The molecule has 0 fully saturated rings. The molecule has 0 aliphatic heterocycles. The molecule has 0 aliphatic rings. The number of rotatable bonds is 13. The first-order valence-corrected chi connectivity index (χ1v) is 16.5. The minimum atomic E-state index is -3.38. The maximum atomic E-state index is 14.6. The first-order valence-electron chi connectivity index (χ1n) is 13.3. The summed E-state index contributed by atoms with van der Waals surface area (Å²) in [4.78, 5) is 0. The lowest BCUT2D eigenvalue weighted by atomic mass is 9.97. The predicted molar refractivity (Wildman–Crippen MR) is 159 cm³/mol. The summed E-state index contributed by atoms with van der Waals surface area (Å²) in [6.07, 6.45) is 1.97. The lowest BCUT2D eigenvalue weighted by Crippen LogP contribution is -2.31. The van der Waals surface area contributed by atoms with Crippen LogP contribution in [0.15, 0.2) is 121 Å². The normalized spacial score (nSPS) is 13.6. The largest absolute Gasteiger partial charge is 0.322 e. The number of hydrogen-bond acceptors (Lipinski definition) is 4. The van der Waals surface area contributed by atoms with E-state index >= 15 is 0 Å². The van der Waals surface area contributed by atoms with Gasteiger partial charge in [-0.1, -0.05) is 93.1 Å². The van der Waals surface area contributed by atoms with E-state index in [0.717, 1.165) is 12.8 Å². The third-order valence-corrected chi connectivity index (χ3v) is 11.8. The minimum absolute atomic E-state index is 0.101. The van der Waals surface area contributed by atoms with Crippen LogP contribution < -0.4 is 21.2 Å². The van der Waals surface area contributed by atoms with Gasteiger partial charge < -0.3 is 9.05 Å². The molecular formula is C32H36O4P2. The maximum absolute atomic E-state index is 14.6. The summed E-state index contributed by atoms with van der Waals surface area (Å²) < 4.78 is 42.1. The van der Waals surface area contributed by atoms with Gasteiger partial charge in [0.15, 0.2) is 0 Å². The molecule has 0 heterocycles. The van der Waals surface area contributed by atoms with Crippen molar-refractivity contribution < 1.29 is 18.2 Å². The molecule has 0 N–H and O–H groups in total. The van der Waals surface area contributed by atoms with Crippen LogP contribution in [0.5, 0.6) is 0 Å². The fraction of sp³-hybridized carbons (Fsp3) is 0.250. The van der Waals surface area contributed by atoms with Crippen molar-refractivity contribution in [3.63, 3.8) is 0 Å². The first kappa shape index (κ1) is 28.3. The summed E-state index contributed by atoms with van der Waals surface area (Å²) in [7, 11) is -6.72. The lowest BCUT2D eigenvalue weighted by Gasteiger charge is -2.32. The number of hydrogen-bond donors (Lipinski definition) is 0. The van der Waals surface area contributed by atoms with Crippen molar-refractivity contribution in [3.05, 3.63) is 121 Å². The van der Waals surface area contributed by atoms with Crippen LogP contribution in [0, 0.1) is 5.92 Å². The Labute approximate surface area is 227 Å². The van der Waals surface area contributed by atoms with Gasteiger partial charge in [-0.25, -0.2) is 0 Å². The van der Waals surface area contributed by atoms with Crippen LogP contribution in [-0.2, 0) is 18.2 Å². The predicted octanol–water partition coefficient (Wildman–Crippen LogP) is 7.07. The maximum Gasteiger partial charge on any atom is 0.261 e. The molecule has 0 bridgehead atoms. The Morgan fingerprint density at radius 2 is 0.947 bits per heavy atom. The third-order valence-electron chi connectivity index (χ3n) is 6.76. The van der Waals surface area contributed by atoms with Gasteiger partial charge in [0.05, 0.1) is 12.7 Å². The van der Waals surface area contributed by atoms with Crippen LogP contribution in [0.4, 0.5) is 0 Å². The Morgan fingerprint density at radius 1 is 0.579 bits per heavy atom. The van der Waals surface area contributed by atoms with Gasteiger partial charge in [0.1, 0.15) is 0 Å². The molecule has 2 atom stereocenters. The molecule has 4 aromatic rings. The molecule has 4 nitrogen and oxygen atoms in total. The zero-order valence-corrected chi connectivity index (χ0v) is 23.8. The van der Waals surface area contributed by atoms with E-state index in [2.05, 4.69) is 13.8 Å². The van der Waals surface area contributed by atoms with Gasteiger partial charge in [-0.05, 0) is 61.4 Å². The summed E-state index contributed by atoms with van der Waals surface area (Å²) >= 11 is 0. The van der Waals surface area contributed by atoms with Gasteiger partial charge in [-0.2, -0.15) is 0 Å². The van der Waals surface area contributed by atoms with Crippen molar-refractivity contribution in [2.45, 2.75) is 39.2 Å². The fourth-order valence-electron chi connectivity index (χ4n) is 4.60. The summed E-state index contributed by atoms with van der Waals surface area (Å²) in [5, 5.41) is 2.66. The molecule has 4 aromatic carbocycles. The first-order chi connectivity index (χ1) is 18.5.